The molecule has 0 fully saturated rings. The average Bonchev–Trinajstić information content (AvgIpc) is 2.31. The van der Waals surface area contributed by atoms with E-state index in [1.165, 1.54) is 12.1 Å². The molecule has 0 aliphatic rings. The summed E-state index contributed by atoms with van der Waals surface area (Å²) in [6.07, 6.45) is -0.786. The Labute approximate surface area is 120 Å². The van der Waals surface area contributed by atoms with Crippen LogP contribution in [0.1, 0.15) is 6.42 Å². The number of rotatable bonds is 5. The number of benzene rings is 1. The molecule has 1 atom stereocenters. The number of hydrogen-bond donors (Lipinski definition) is 4. The third-order valence-electron chi connectivity index (χ3n) is 2.16. The number of carbonyl (C=O) groups excluding carboxylic acids is 1. The minimum absolute atomic E-state index is 0.162. The molecule has 4 N–H and O–H groups in total. The van der Waals surface area contributed by atoms with Crippen molar-refractivity contribution in [3.63, 3.8) is 0 Å². The fourth-order valence-electron chi connectivity index (χ4n) is 1.28. The van der Waals surface area contributed by atoms with Crippen molar-refractivity contribution in [1.29, 1.82) is 0 Å². The molecule has 9 heteroatoms. The zero-order valence-electron chi connectivity index (χ0n) is 9.89. The van der Waals surface area contributed by atoms with E-state index in [2.05, 4.69) is 21.2 Å². The third-order valence-corrected chi connectivity index (χ3v) is 2.65. The average molecular weight is 349 g/mol. The van der Waals surface area contributed by atoms with Gasteiger partial charge in [0, 0.05) is 4.47 Å². The Morgan fingerprint density at radius 1 is 1.30 bits per heavy atom. The largest absolute Gasteiger partial charge is 0.481 e. The van der Waals surface area contributed by atoms with E-state index in [-0.39, 0.29) is 5.69 Å². The van der Waals surface area contributed by atoms with Gasteiger partial charge in [0.1, 0.15) is 11.9 Å². The summed E-state index contributed by atoms with van der Waals surface area (Å²) in [5, 5.41) is 21.3. The van der Waals surface area contributed by atoms with Gasteiger partial charge in [0.25, 0.3) is 0 Å². The first-order valence-corrected chi connectivity index (χ1v) is 6.06. The minimum Gasteiger partial charge on any atom is -0.481 e. The summed E-state index contributed by atoms with van der Waals surface area (Å²) in [7, 11) is 0. The topological polar surface area (TPSA) is 116 Å². The molecular weight excluding hydrogens is 339 g/mol. The lowest BCUT2D eigenvalue weighted by atomic mass is 10.2. The molecule has 108 valence electrons. The van der Waals surface area contributed by atoms with Crippen LogP contribution in [-0.4, -0.2) is 34.2 Å². The first kappa shape index (κ1) is 15.9. The maximum atomic E-state index is 13.4. The molecule has 7 nitrogen and oxygen atoms in total. The van der Waals surface area contributed by atoms with E-state index < -0.39 is 36.2 Å². The van der Waals surface area contributed by atoms with E-state index in [9.17, 15) is 18.8 Å². The van der Waals surface area contributed by atoms with E-state index in [4.69, 9.17) is 10.2 Å². The zero-order chi connectivity index (χ0) is 15.3. The number of carbonyl (C=O) groups is 3. The number of halogens is 2. The first-order chi connectivity index (χ1) is 9.29. The summed E-state index contributed by atoms with van der Waals surface area (Å²) in [4.78, 5) is 32.7. The molecule has 1 rings (SSSR count). The van der Waals surface area contributed by atoms with Gasteiger partial charge in [-0.2, -0.15) is 0 Å². The van der Waals surface area contributed by atoms with Gasteiger partial charge in [0.15, 0.2) is 0 Å². The van der Waals surface area contributed by atoms with Gasteiger partial charge in [-0.3, -0.25) is 4.79 Å². The molecule has 0 radical (unpaired) electrons. The minimum atomic E-state index is -1.61. The van der Waals surface area contributed by atoms with Gasteiger partial charge in [-0.15, -0.1) is 0 Å². The SMILES string of the molecule is O=C(O)CC(NC(=O)Nc1ccc(Br)cc1F)C(=O)O. The molecular formula is C11H10BrFN2O5. The maximum absolute atomic E-state index is 13.4. The molecule has 0 saturated heterocycles. The molecule has 0 saturated carbocycles. The highest BCUT2D eigenvalue weighted by molar-refractivity contribution is 9.10. The van der Waals surface area contributed by atoms with Crippen LogP contribution in [0.15, 0.2) is 22.7 Å². The fraction of sp³-hybridized carbons (Fsp3) is 0.182. The fourth-order valence-corrected chi connectivity index (χ4v) is 1.62. The van der Waals surface area contributed by atoms with Crippen molar-refractivity contribution in [2.45, 2.75) is 12.5 Å². The Morgan fingerprint density at radius 2 is 1.95 bits per heavy atom. The van der Waals surface area contributed by atoms with Crippen molar-refractivity contribution in [2.24, 2.45) is 0 Å². The van der Waals surface area contributed by atoms with Crippen LogP contribution in [-0.2, 0) is 9.59 Å². The van der Waals surface area contributed by atoms with Crippen LogP contribution >= 0.6 is 15.9 Å². The van der Waals surface area contributed by atoms with Crippen molar-refractivity contribution in [3.05, 3.63) is 28.5 Å². The second-order valence-corrected chi connectivity index (χ2v) is 4.63. The lowest BCUT2D eigenvalue weighted by Crippen LogP contribution is -2.44. The van der Waals surface area contributed by atoms with Gasteiger partial charge in [-0.1, -0.05) is 15.9 Å². The van der Waals surface area contributed by atoms with Gasteiger partial charge in [-0.05, 0) is 18.2 Å². The van der Waals surface area contributed by atoms with Gasteiger partial charge in [0.2, 0.25) is 0 Å². The van der Waals surface area contributed by atoms with Gasteiger partial charge >= 0.3 is 18.0 Å². The first-order valence-electron chi connectivity index (χ1n) is 5.26. The van der Waals surface area contributed by atoms with Crippen LogP contribution in [0, 0.1) is 5.82 Å². The van der Waals surface area contributed by atoms with Gasteiger partial charge < -0.3 is 20.8 Å². The van der Waals surface area contributed by atoms with E-state index in [1.54, 1.807) is 0 Å². The molecule has 0 spiro atoms. The second kappa shape index (κ2) is 6.85. The number of amides is 2. The molecule has 0 aliphatic heterocycles. The lowest BCUT2D eigenvalue weighted by molar-refractivity contribution is -0.145. The molecule has 0 aromatic heterocycles. The van der Waals surface area contributed by atoms with Crippen molar-refractivity contribution in [2.75, 3.05) is 5.32 Å². The predicted molar refractivity (Wildman–Crippen MR) is 69.9 cm³/mol. The van der Waals surface area contributed by atoms with E-state index >= 15 is 0 Å². The van der Waals surface area contributed by atoms with Crippen molar-refractivity contribution in [3.8, 4) is 0 Å². The molecule has 0 aliphatic carbocycles. The smallest absolute Gasteiger partial charge is 0.326 e. The van der Waals surface area contributed by atoms with Crippen LogP contribution in [0.2, 0.25) is 0 Å². The number of hydrogen-bond acceptors (Lipinski definition) is 3. The van der Waals surface area contributed by atoms with E-state index in [0.717, 1.165) is 6.07 Å². The van der Waals surface area contributed by atoms with E-state index in [1.807, 2.05) is 5.32 Å². The number of carboxylic acids is 2. The summed E-state index contributed by atoms with van der Waals surface area (Å²) in [5.41, 5.74) is -0.162. The molecule has 2 amide bonds. The Morgan fingerprint density at radius 3 is 2.45 bits per heavy atom. The molecule has 0 bridgehead atoms. The number of nitrogens with one attached hydrogen (secondary N) is 2. The summed E-state index contributed by atoms with van der Waals surface area (Å²) < 4.78 is 13.9. The maximum Gasteiger partial charge on any atom is 0.326 e. The number of carboxylic acid groups (broad SMARTS) is 2. The highest BCUT2D eigenvalue weighted by atomic mass is 79.9. The highest BCUT2D eigenvalue weighted by Gasteiger charge is 2.23. The Kier molecular flexibility index (Phi) is 5.44. The summed E-state index contributed by atoms with van der Waals surface area (Å²) in [5.74, 6) is -3.61. The van der Waals surface area contributed by atoms with Crippen LogP contribution in [0.25, 0.3) is 0 Å². The molecule has 1 aromatic carbocycles. The van der Waals surface area contributed by atoms with Crippen LogP contribution in [0.5, 0.6) is 0 Å². The molecule has 1 aromatic rings. The number of urea groups is 1. The Bertz CT molecular complexity index is 552. The van der Waals surface area contributed by atoms with Crippen molar-refractivity contribution in [1.82, 2.24) is 5.32 Å². The van der Waals surface area contributed by atoms with Gasteiger partial charge in [-0.25, -0.2) is 14.0 Å². The van der Waals surface area contributed by atoms with Crippen LogP contribution in [0.4, 0.5) is 14.9 Å². The summed E-state index contributed by atoms with van der Waals surface area (Å²) in [6, 6.07) is 1.24. The second-order valence-electron chi connectivity index (χ2n) is 3.71. The monoisotopic (exact) mass is 348 g/mol. The van der Waals surface area contributed by atoms with Crippen LogP contribution in [0.3, 0.4) is 0 Å². The third kappa shape index (κ3) is 4.84. The Balaban J connectivity index is 2.70. The quantitative estimate of drug-likeness (QED) is 0.645. The predicted octanol–water partition coefficient (Wildman–Crippen LogP) is 1.64. The summed E-state index contributed by atoms with van der Waals surface area (Å²) in [6.45, 7) is 0. The standard InChI is InChI=1S/C11H10BrFN2O5/c12-5-1-2-7(6(13)3-5)14-11(20)15-8(10(18)19)4-9(16)17/h1-3,8H,4H2,(H,16,17)(H,18,19)(H2,14,15,20). The molecule has 0 heterocycles. The van der Waals surface area contributed by atoms with Gasteiger partial charge in [0.05, 0.1) is 12.1 Å². The van der Waals surface area contributed by atoms with Crippen molar-refractivity contribution < 1.29 is 29.0 Å². The Hall–Kier alpha value is -2.16. The highest BCUT2D eigenvalue weighted by Crippen LogP contribution is 2.19. The molecule has 1 unspecified atom stereocenters. The summed E-state index contributed by atoms with van der Waals surface area (Å²) >= 11 is 3.04. The molecule has 20 heavy (non-hydrogen) atoms. The van der Waals surface area contributed by atoms with Crippen LogP contribution < -0.4 is 10.6 Å². The van der Waals surface area contributed by atoms with Crippen molar-refractivity contribution >= 4 is 39.6 Å². The lowest BCUT2D eigenvalue weighted by Gasteiger charge is -2.13. The number of anilines is 1. The zero-order valence-corrected chi connectivity index (χ0v) is 11.5. The van der Waals surface area contributed by atoms with E-state index in [0.29, 0.717) is 4.47 Å². The number of aliphatic carboxylic acids is 2. The normalized spacial score (nSPS) is 11.5.